The number of rotatable bonds is 3. The van der Waals surface area contributed by atoms with E-state index < -0.39 is 11.7 Å². The van der Waals surface area contributed by atoms with E-state index in [1.54, 1.807) is 12.4 Å². The molecule has 5 nitrogen and oxygen atoms in total. The lowest BCUT2D eigenvalue weighted by Crippen LogP contribution is -2.35. The zero-order chi connectivity index (χ0) is 14.6. The first-order valence-corrected chi connectivity index (χ1v) is 6.49. The Morgan fingerprint density at radius 1 is 1.30 bits per heavy atom. The highest BCUT2D eigenvalue weighted by Crippen LogP contribution is 2.19. The Morgan fingerprint density at radius 3 is 2.55 bits per heavy atom. The van der Waals surface area contributed by atoms with E-state index in [2.05, 4.69) is 15.3 Å². The third-order valence-electron chi connectivity index (χ3n) is 2.59. The predicted molar refractivity (Wildman–Crippen MR) is 76.2 cm³/mol. The number of hydrogen-bond acceptors (Lipinski definition) is 3. The highest BCUT2D eigenvalue weighted by molar-refractivity contribution is 5.69. The van der Waals surface area contributed by atoms with Gasteiger partial charge in [-0.2, -0.15) is 0 Å². The largest absolute Gasteiger partial charge is 0.444 e. The fraction of sp³-hybridized carbons (Fsp3) is 0.333. The zero-order valence-corrected chi connectivity index (χ0v) is 11.9. The lowest BCUT2D eigenvalue weighted by atomic mass is 10.1. The molecular weight excluding hydrogens is 254 g/mol. The third-order valence-corrected chi connectivity index (χ3v) is 2.59. The van der Waals surface area contributed by atoms with Gasteiger partial charge >= 0.3 is 6.09 Å². The smallest absolute Gasteiger partial charge is 0.408 e. The van der Waals surface area contributed by atoms with Crippen LogP contribution in [-0.4, -0.2) is 21.7 Å². The summed E-state index contributed by atoms with van der Waals surface area (Å²) in [6.45, 7) is 5.49. The number of amides is 1. The number of aromatic amines is 1. The molecule has 1 aromatic carbocycles. The Balaban J connectivity index is 2.19. The molecule has 0 aliphatic carbocycles. The lowest BCUT2D eigenvalue weighted by Gasteiger charge is -2.23. The molecule has 2 aromatic rings. The number of carbonyl (C=O) groups is 1. The van der Waals surface area contributed by atoms with Crippen LogP contribution in [0.5, 0.6) is 0 Å². The van der Waals surface area contributed by atoms with Gasteiger partial charge in [0.15, 0.2) is 0 Å². The Labute approximate surface area is 118 Å². The number of ether oxygens (including phenoxy) is 1. The van der Waals surface area contributed by atoms with Gasteiger partial charge < -0.3 is 15.0 Å². The van der Waals surface area contributed by atoms with Crippen LogP contribution in [0.1, 0.15) is 38.2 Å². The number of hydrogen-bond donors (Lipinski definition) is 2. The molecule has 1 amide bonds. The molecule has 106 valence electrons. The summed E-state index contributed by atoms with van der Waals surface area (Å²) in [4.78, 5) is 19.2. The monoisotopic (exact) mass is 273 g/mol. The van der Waals surface area contributed by atoms with Gasteiger partial charge in [0, 0.05) is 12.4 Å². The van der Waals surface area contributed by atoms with Crippen molar-refractivity contribution in [3.63, 3.8) is 0 Å². The minimum atomic E-state index is -0.533. The average Bonchev–Trinajstić information content (AvgIpc) is 2.88. The van der Waals surface area contributed by atoms with Crippen molar-refractivity contribution in [2.24, 2.45) is 0 Å². The van der Waals surface area contributed by atoms with Crippen LogP contribution in [0.4, 0.5) is 4.79 Å². The van der Waals surface area contributed by atoms with Gasteiger partial charge in [0.2, 0.25) is 0 Å². The maximum absolute atomic E-state index is 12.0. The van der Waals surface area contributed by atoms with Crippen molar-refractivity contribution in [2.45, 2.75) is 32.4 Å². The van der Waals surface area contributed by atoms with E-state index in [1.165, 1.54) is 0 Å². The first-order valence-electron chi connectivity index (χ1n) is 6.49. The second kappa shape index (κ2) is 5.77. The van der Waals surface area contributed by atoms with Crippen LogP contribution >= 0.6 is 0 Å². The van der Waals surface area contributed by atoms with Crippen molar-refractivity contribution < 1.29 is 9.53 Å². The van der Waals surface area contributed by atoms with E-state index in [0.29, 0.717) is 5.82 Å². The van der Waals surface area contributed by atoms with Gasteiger partial charge in [0.25, 0.3) is 0 Å². The Morgan fingerprint density at radius 2 is 2.00 bits per heavy atom. The molecule has 20 heavy (non-hydrogen) atoms. The van der Waals surface area contributed by atoms with Gasteiger partial charge in [-0.1, -0.05) is 30.3 Å². The number of imidazole rings is 1. The molecule has 1 unspecified atom stereocenters. The second-order valence-electron chi connectivity index (χ2n) is 5.46. The predicted octanol–water partition coefficient (Wildman–Crippen LogP) is 3.02. The van der Waals surface area contributed by atoms with E-state index in [0.717, 1.165) is 5.56 Å². The number of nitrogens with one attached hydrogen (secondary N) is 2. The highest BCUT2D eigenvalue weighted by atomic mass is 16.6. The summed E-state index contributed by atoms with van der Waals surface area (Å²) in [6.07, 6.45) is 2.91. The summed E-state index contributed by atoms with van der Waals surface area (Å²) in [7, 11) is 0. The highest BCUT2D eigenvalue weighted by Gasteiger charge is 2.22. The van der Waals surface area contributed by atoms with Crippen molar-refractivity contribution in [1.82, 2.24) is 15.3 Å². The van der Waals surface area contributed by atoms with Crippen LogP contribution in [0.3, 0.4) is 0 Å². The second-order valence-corrected chi connectivity index (χ2v) is 5.46. The van der Waals surface area contributed by atoms with Gasteiger partial charge in [-0.05, 0) is 26.3 Å². The summed E-state index contributed by atoms with van der Waals surface area (Å²) in [6, 6.07) is 9.27. The maximum Gasteiger partial charge on any atom is 0.408 e. The number of aromatic nitrogens is 2. The van der Waals surface area contributed by atoms with Crippen molar-refractivity contribution >= 4 is 6.09 Å². The maximum atomic E-state index is 12.0. The van der Waals surface area contributed by atoms with Crippen molar-refractivity contribution in [2.75, 3.05) is 0 Å². The topological polar surface area (TPSA) is 67.0 Å². The molecule has 1 heterocycles. The minimum absolute atomic E-state index is 0.360. The molecule has 1 atom stereocenters. The van der Waals surface area contributed by atoms with Gasteiger partial charge in [0.05, 0.1) is 0 Å². The molecule has 0 fully saturated rings. The van der Waals surface area contributed by atoms with Crippen molar-refractivity contribution in [3.05, 3.63) is 54.1 Å². The van der Waals surface area contributed by atoms with Crippen molar-refractivity contribution in [3.8, 4) is 0 Å². The quantitative estimate of drug-likeness (QED) is 0.903. The third kappa shape index (κ3) is 3.85. The molecule has 0 aliphatic heterocycles. The van der Waals surface area contributed by atoms with Crippen LogP contribution in [0.25, 0.3) is 0 Å². The number of H-pyrrole nitrogens is 1. The van der Waals surface area contributed by atoms with Crippen LogP contribution in [0, 0.1) is 0 Å². The molecular formula is C15H19N3O2. The van der Waals surface area contributed by atoms with Gasteiger partial charge in [-0.25, -0.2) is 9.78 Å². The first kappa shape index (κ1) is 14.1. The van der Waals surface area contributed by atoms with E-state index in [4.69, 9.17) is 4.74 Å². The number of carbonyl (C=O) groups excluding carboxylic acids is 1. The Kier molecular flexibility index (Phi) is 4.08. The van der Waals surface area contributed by atoms with Crippen LogP contribution in [0.2, 0.25) is 0 Å². The molecule has 5 heteroatoms. The molecule has 0 spiro atoms. The zero-order valence-electron chi connectivity index (χ0n) is 11.9. The van der Waals surface area contributed by atoms with E-state index in [9.17, 15) is 4.79 Å². The first-order chi connectivity index (χ1) is 9.46. The molecule has 0 radical (unpaired) electrons. The number of nitrogens with zero attached hydrogens (tertiary/aromatic N) is 1. The Bertz CT molecular complexity index is 544. The summed E-state index contributed by atoms with van der Waals surface area (Å²) in [5.41, 5.74) is 0.405. The van der Waals surface area contributed by atoms with Gasteiger partial charge in [-0.3, -0.25) is 0 Å². The molecule has 2 rings (SSSR count). The molecule has 0 saturated carbocycles. The fourth-order valence-electron chi connectivity index (χ4n) is 1.82. The van der Waals surface area contributed by atoms with E-state index in [-0.39, 0.29) is 6.04 Å². The summed E-state index contributed by atoms with van der Waals surface area (Å²) >= 11 is 0. The summed E-state index contributed by atoms with van der Waals surface area (Å²) < 4.78 is 5.30. The fourth-order valence-corrected chi connectivity index (χ4v) is 1.82. The summed E-state index contributed by atoms with van der Waals surface area (Å²) in [5, 5.41) is 2.84. The average molecular weight is 273 g/mol. The SMILES string of the molecule is CC(C)(C)OC(=O)NC(c1ccccc1)c1ncc[nH]1. The summed E-state index contributed by atoms with van der Waals surface area (Å²) in [5.74, 6) is 0.669. The lowest BCUT2D eigenvalue weighted by molar-refractivity contribution is 0.0510. The van der Waals surface area contributed by atoms with Gasteiger partial charge in [0.1, 0.15) is 17.5 Å². The normalized spacial score (nSPS) is 12.8. The molecule has 0 aliphatic rings. The van der Waals surface area contributed by atoms with E-state index >= 15 is 0 Å². The minimum Gasteiger partial charge on any atom is -0.444 e. The van der Waals surface area contributed by atoms with Gasteiger partial charge in [-0.15, -0.1) is 0 Å². The van der Waals surface area contributed by atoms with E-state index in [1.807, 2.05) is 51.1 Å². The van der Waals surface area contributed by atoms with Crippen molar-refractivity contribution in [1.29, 1.82) is 0 Å². The molecule has 1 aromatic heterocycles. The Hall–Kier alpha value is -2.30. The van der Waals surface area contributed by atoms with Crippen LogP contribution in [0.15, 0.2) is 42.7 Å². The number of alkyl carbamates (subject to hydrolysis) is 1. The number of benzene rings is 1. The standard InChI is InChI=1S/C15H19N3O2/c1-15(2,3)20-14(19)18-12(13-16-9-10-17-13)11-7-5-4-6-8-11/h4-10,12H,1-3H3,(H,16,17)(H,18,19). The molecule has 0 bridgehead atoms. The molecule has 2 N–H and O–H groups in total. The van der Waals surface area contributed by atoms with Crippen LogP contribution in [-0.2, 0) is 4.74 Å². The molecule has 0 saturated heterocycles. The van der Waals surface area contributed by atoms with Crippen LogP contribution < -0.4 is 5.32 Å².